The molecule has 2 aliphatic rings. The molecule has 1 aliphatic heterocycles. The minimum absolute atomic E-state index is 0.490. The van der Waals surface area contributed by atoms with E-state index in [0.29, 0.717) is 5.92 Å². The Morgan fingerprint density at radius 2 is 1.78 bits per heavy atom. The van der Waals surface area contributed by atoms with Crippen molar-refractivity contribution in [3.8, 4) is 0 Å². The SMILES string of the molecule is O/N=C/C1CCC(C(CCc2ccccc2)N2CCCC2)CC1. The fourth-order valence-corrected chi connectivity index (χ4v) is 4.52. The highest BCUT2D eigenvalue weighted by Gasteiger charge is 2.31. The Balaban J connectivity index is 1.59. The van der Waals surface area contributed by atoms with E-state index in [4.69, 9.17) is 5.21 Å². The van der Waals surface area contributed by atoms with Gasteiger partial charge in [-0.25, -0.2) is 0 Å². The van der Waals surface area contributed by atoms with Crippen molar-refractivity contribution in [2.75, 3.05) is 13.1 Å². The first-order chi connectivity index (χ1) is 11.4. The summed E-state index contributed by atoms with van der Waals surface area (Å²) < 4.78 is 0. The van der Waals surface area contributed by atoms with Gasteiger partial charge in [0.15, 0.2) is 0 Å². The van der Waals surface area contributed by atoms with Gasteiger partial charge in [0.25, 0.3) is 0 Å². The molecule has 3 rings (SSSR count). The van der Waals surface area contributed by atoms with Crippen LogP contribution < -0.4 is 0 Å². The van der Waals surface area contributed by atoms with Gasteiger partial charge in [0.2, 0.25) is 0 Å². The van der Waals surface area contributed by atoms with Crippen LogP contribution in [-0.2, 0) is 6.42 Å². The van der Waals surface area contributed by atoms with Crippen LogP contribution in [0.2, 0.25) is 0 Å². The third-order valence-electron chi connectivity index (χ3n) is 5.82. The molecule has 1 atom stereocenters. The molecule has 0 bridgehead atoms. The van der Waals surface area contributed by atoms with E-state index in [0.717, 1.165) is 12.0 Å². The Morgan fingerprint density at radius 1 is 1.09 bits per heavy atom. The van der Waals surface area contributed by atoms with Crippen LogP contribution in [0, 0.1) is 11.8 Å². The van der Waals surface area contributed by atoms with Crippen molar-refractivity contribution in [1.29, 1.82) is 0 Å². The molecule has 1 unspecified atom stereocenters. The zero-order valence-electron chi connectivity index (χ0n) is 14.1. The lowest BCUT2D eigenvalue weighted by Gasteiger charge is -2.38. The summed E-state index contributed by atoms with van der Waals surface area (Å²) in [5.74, 6) is 1.31. The third kappa shape index (κ3) is 4.57. The van der Waals surface area contributed by atoms with E-state index in [2.05, 4.69) is 40.4 Å². The molecule has 1 heterocycles. The fourth-order valence-electron chi connectivity index (χ4n) is 4.52. The number of benzene rings is 1. The number of hydrogen-bond acceptors (Lipinski definition) is 3. The van der Waals surface area contributed by atoms with Gasteiger partial charge in [0.1, 0.15) is 0 Å². The van der Waals surface area contributed by atoms with E-state index >= 15 is 0 Å². The number of hydrogen-bond donors (Lipinski definition) is 1. The van der Waals surface area contributed by atoms with Gasteiger partial charge in [0.05, 0.1) is 0 Å². The number of aryl methyl sites for hydroxylation is 1. The van der Waals surface area contributed by atoms with E-state index in [9.17, 15) is 0 Å². The summed E-state index contributed by atoms with van der Waals surface area (Å²) in [5.41, 5.74) is 1.47. The second kappa shape index (κ2) is 8.49. The molecule has 1 aliphatic carbocycles. The molecule has 1 saturated carbocycles. The minimum atomic E-state index is 0.490. The largest absolute Gasteiger partial charge is 0.411 e. The summed E-state index contributed by atoms with van der Waals surface area (Å²) in [6.45, 7) is 2.58. The second-order valence-electron chi connectivity index (χ2n) is 7.27. The summed E-state index contributed by atoms with van der Waals surface area (Å²) in [7, 11) is 0. The van der Waals surface area contributed by atoms with E-state index in [-0.39, 0.29) is 0 Å². The molecule has 1 aromatic carbocycles. The highest BCUT2D eigenvalue weighted by molar-refractivity contribution is 5.59. The fraction of sp³-hybridized carbons (Fsp3) is 0.650. The van der Waals surface area contributed by atoms with Crippen LogP contribution in [0.4, 0.5) is 0 Å². The Hall–Kier alpha value is -1.35. The van der Waals surface area contributed by atoms with Gasteiger partial charge in [-0.3, -0.25) is 0 Å². The van der Waals surface area contributed by atoms with Crippen molar-refractivity contribution in [2.45, 2.75) is 57.4 Å². The van der Waals surface area contributed by atoms with E-state index < -0.39 is 0 Å². The summed E-state index contributed by atoms with van der Waals surface area (Å²) in [4.78, 5) is 2.76. The van der Waals surface area contributed by atoms with Crippen molar-refractivity contribution >= 4 is 6.21 Å². The van der Waals surface area contributed by atoms with Crippen molar-refractivity contribution in [3.63, 3.8) is 0 Å². The summed E-state index contributed by atoms with van der Waals surface area (Å²) in [6, 6.07) is 11.7. The smallest absolute Gasteiger partial charge is 0.0466 e. The molecule has 1 saturated heterocycles. The molecule has 2 fully saturated rings. The van der Waals surface area contributed by atoms with Crippen LogP contribution in [0.15, 0.2) is 35.5 Å². The van der Waals surface area contributed by atoms with Gasteiger partial charge in [-0.15, -0.1) is 5.16 Å². The molecule has 3 heteroatoms. The summed E-state index contributed by atoms with van der Waals surface area (Å²) in [6.07, 6.45) is 11.9. The van der Waals surface area contributed by atoms with Crippen molar-refractivity contribution in [1.82, 2.24) is 4.90 Å². The zero-order chi connectivity index (χ0) is 15.9. The van der Waals surface area contributed by atoms with Crippen LogP contribution in [0.3, 0.4) is 0 Å². The second-order valence-corrected chi connectivity index (χ2v) is 7.27. The average Bonchev–Trinajstić information content (AvgIpc) is 3.12. The molecule has 23 heavy (non-hydrogen) atoms. The van der Waals surface area contributed by atoms with Crippen LogP contribution in [-0.4, -0.2) is 35.5 Å². The Labute approximate surface area is 140 Å². The van der Waals surface area contributed by atoms with Gasteiger partial charge in [-0.2, -0.15) is 0 Å². The molecule has 0 aromatic heterocycles. The van der Waals surface area contributed by atoms with Gasteiger partial charge < -0.3 is 10.1 Å². The number of rotatable bonds is 6. The molecule has 1 aromatic rings. The average molecular weight is 314 g/mol. The van der Waals surface area contributed by atoms with Crippen LogP contribution in [0.1, 0.15) is 50.5 Å². The Morgan fingerprint density at radius 3 is 2.43 bits per heavy atom. The van der Waals surface area contributed by atoms with Crippen LogP contribution in [0.25, 0.3) is 0 Å². The quantitative estimate of drug-likeness (QED) is 0.481. The first-order valence-electron chi connectivity index (χ1n) is 9.32. The van der Waals surface area contributed by atoms with Crippen molar-refractivity contribution in [2.24, 2.45) is 17.0 Å². The summed E-state index contributed by atoms with van der Waals surface area (Å²) >= 11 is 0. The maximum atomic E-state index is 8.74. The van der Waals surface area contributed by atoms with E-state index in [1.54, 1.807) is 6.21 Å². The zero-order valence-corrected chi connectivity index (χ0v) is 14.1. The maximum Gasteiger partial charge on any atom is 0.0466 e. The molecule has 0 amide bonds. The van der Waals surface area contributed by atoms with Gasteiger partial charge in [0, 0.05) is 12.3 Å². The van der Waals surface area contributed by atoms with Gasteiger partial charge >= 0.3 is 0 Å². The Kier molecular flexibility index (Phi) is 6.09. The molecule has 126 valence electrons. The minimum Gasteiger partial charge on any atom is -0.411 e. The predicted molar refractivity (Wildman–Crippen MR) is 95.1 cm³/mol. The molecular formula is C20H30N2O. The Bertz CT molecular complexity index is 474. The lowest BCUT2D eigenvalue weighted by Crippen LogP contribution is -2.40. The molecule has 0 radical (unpaired) electrons. The monoisotopic (exact) mass is 314 g/mol. The molecule has 3 nitrogen and oxygen atoms in total. The molecular weight excluding hydrogens is 284 g/mol. The number of nitrogens with zero attached hydrogens (tertiary/aromatic N) is 2. The predicted octanol–water partition coefficient (Wildman–Crippen LogP) is 4.35. The van der Waals surface area contributed by atoms with Gasteiger partial charge in [-0.05, 0) is 81.9 Å². The number of likely N-dealkylation sites (tertiary alicyclic amines) is 1. The van der Waals surface area contributed by atoms with Crippen LogP contribution >= 0.6 is 0 Å². The first-order valence-corrected chi connectivity index (χ1v) is 9.32. The van der Waals surface area contributed by atoms with Crippen molar-refractivity contribution in [3.05, 3.63) is 35.9 Å². The van der Waals surface area contributed by atoms with Crippen molar-refractivity contribution < 1.29 is 5.21 Å². The van der Waals surface area contributed by atoms with Crippen LogP contribution in [0.5, 0.6) is 0 Å². The standard InChI is InChI=1S/C20H30N2O/c23-21-16-18-8-11-19(12-9-18)20(22-14-4-5-15-22)13-10-17-6-2-1-3-7-17/h1-3,6-7,16,18-20,23H,4-5,8-15H2/b21-16+. The first kappa shape index (κ1) is 16.5. The molecule has 0 spiro atoms. The highest BCUT2D eigenvalue weighted by atomic mass is 16.4. The topological polar surface area (TPSA) is 35.8 Å². The lowest BCUT2D eigenvalue weighted by atomic mass is 9.77. The summed E-state index contributed by atoms with van der Waals surface area (Å²) in [5, 5.41) is 12.0. The third-order valence-corrected chi connectivity index (χ3v) is 5.82. The highest BCUT2D eigenvalue weighted by Crippen LogP contribution is 2.35. The lowest BCUT2D eigenvalue weighted by molar-refractivity contribution is 0.128. The molecule has 1 N–H and O–H groups in total. The number of oxime groups is 1. The van der Waals surface area contributed by atoms with E-state index in [1.807, 2.05) is 0 Å². The van der Waals surface area contributed by atoms with Gasteiger partial charge in [-0.1, -0.05) is 30.3 Å². The van der Waals surface area contributed by atoms with E-state index in [1.165, 1.54) is 70.0 Å². The normalized spacial score (nSPS) is 27.5. The maximum absolute atomic E-state index is 8.74.